The summed E-state index contributed by atoms with van der Waals surface area (Å²) in [5, 5.41) is 18.2. The van der Waals surface area contributed by atoms with Crippen molar-refractivity contribution in [2.75, 3.05) is 52.9 Å². The van der Waals surface area contributed by atoms with Gasteiger partial charge in [0.2, 0.25) is 0 Å². The Bertz CT molecular complexity index is 205. The van der Waals surface area contributed by atoms with E-state index in [-0.39, 0.29) is 26.2 Å². The summed E-state index contributed by atoms with van der Waals surface area (Å²) in [7, 11) is 0. The summed E-state index contributed by atoms with van der Waals surface area (Å²) in [4.78, 5) is 29.5. The van der Waals surface area contributed by atoms with Crippen LogP contribution in [0.4, 0.5) is 0 Å². The Labute approximate surface area is 209 Å². The van der Waals surface area contributed by atoms with Crippen LogP contribution in [0.25, 0.3) is 0 Å². The first-order valence-electron chi connectivity index (χ1n) is 11.1. The first kappa shape index (κ1) is 41.7. The number of hydrogen-bond acceptors (Lipinski definition) is 10. The van der Waals surface area contributed by atoms with Gasteiger partial charge in [-0.2, -0.15) is 0 Å². The molecule has 0 aromatic rings. The summed E-state index contributed by atoms with van der Waals surface area (Å²) in [6, 6.07) is 0. The van der Waals surface area contributed by atoms with E-state index in [1.807, 2.05) is 41.5 Å². The van der Waals surface area contributed by atoms with Crippen molar-refractivity contribution in [3.63, 3.8) is 0 Å². The molecule has 0 spiro atoms. The smallest absolute Gasteiger partial charge is 0.396 e. The van der Waals surface area contributed by atoms with Crippen molar-refractivity contribution in [2.45, 2.75) is 81.1 Å². The molecule has 0 atom stereocenters. The van der Waals surface area contributed by atoms with E-state index in [1.165, 1.54) is 0 Å². The maximum absolute atomic E-state index is 8.07. The fraction of sp³-hybridized carbons (Fsp3) is 1.00. The van der Waals surface area contributed by atoms with Crippen LogP contribution in [-0.2, 0) is 55.2 Å². The van der Waals surface area contributed by atoms with Crippen LogP contribution in [0.15, 0.2) is 0 Å². The molecule has 0 unspecified atom stereocenters. The summed E-state index contributed by atoms with van der Waals surface area (Å²) in [6.45, 7) is 19.2. The molecule has 0 fully saturated rings. The van der Waals surface area contributed by atoms with Gasteiger partial charge in [0, 0.05) is 13.2 Å². The Kier molecular flexibility index (Phi) is 59.5. The molecule has 0 amide bonds. The molecule has 31 heavy (non-hydrogen) atoms. The van der Waals surface area contributed by atoms with Crippen molar-refractivity contribution in [3.05, 3.63) is 0 Å². The largest absolute Gasteiger partial charge is 2.00 e. The topological polar surface area (TPSA) is 102 Å². The molecule has 0 saturated carbocycles. The molecule has 0 aliphatic heterocycles. The Morgan fingerprint density at radius 1 is 0.452 bits per heavy atom. The summed E-state index contributed by atoms with van der Waals surface area (Å²) in [6.07, 6.45) is 4.08. The van der Waals surface area contributed by atoms with E-state index >= 15 is 0 Å². The molecule has 0 aliphatic carbocycles. The second-order valence-corrected chi connectivity index (χ2v) is 5.11. The second-order valence-electron chi connectivity index (χ2n) is 5.11. The minimum atomic E-state index is 0. The number of nitrogens with zero attached hydrogens (tertiary/aromatic N) is 2. The number of aliphatic hydroxyl groups is 2. The average molecular weight is 538 g/mol. The quantitative estimate of drug-likeness (QED) is 0.282. The summed E-state index contributed by atoms with van der Waals surface area (Å²) in [5.74, 6) is 0. The first-order valence-corrected chi connectivity index (χ1v) is 11.1. The Hall–Kier alpha value is 0.483. The molecule has 10 nitrogen and oxygen atoms in total. The Balaban J connectivity index is -0.000000101. The molecule has 0 heterocycles. The van der Waals surface area contributed by atoms with Crippen LogP contribution in [0.2, 0.25) is 0 Å². The van der Waals surface area contributed by atoms with Crippen molar-refractivity contribution in [1.82, 2.24) is 10.8 Å². The van der Waals surface area contributed by atoms with Gasteiger partial charge in [0.1, 0.15) is 0 Å². The van der Waals surface area contributed by atoms with Crippen molar-refractivity contribution >= 4 is 0 Å². The van der Waals surface area contributed by atoms with Gasteiger partial charge in [-0.3, -0.25) is 29.0 Å². The van der Waals surface area contributed by atoms with Crippen LogP contribution < -0.4 is 0 Å². The second kappa shape index (κ2) is 44.2. The van der Waals surface area contributed by atoms with Crippen molar-refractivity contribution in [3.8, 4) is 0 Å². The van der Waals surface area contributed by atoms with Crippen molar-refractivity contribution < 1.29 is 65.4 Å². The monoisotopic (exact) mass is 536 g/mol. The summed E-state index contributed by atoms with van der Waals surface area (Å²) < 4.78 is 0. The van der Waals surface area contributed by atoms with E-state index < -0.39 is 0 Å². The molecule has 0 aromatic heterocycles. The minimum absolute atomic E-state index is 0. The SMILES string of the molecule is CCCCO.CCCCO.CCON(OCC)OCC.CCON(OCC)OCC.[Zr+2]. The van der Waals surface area contributed by atoms with Gasteiger partial charge in [0.15, 0.2) is 0 Å². The van der Waals surface area contributed by atoms with E-state index in [0.717, 1.165) is 36.5 Å². The van der Waals surface area contributed by atoms with E-state index in [2.05, 4.69) is 13.8 Å². The summed E-state index contributed by atoms with van der Waals surface area (Å²) in [5.41, 5.74) is 0. The van der Waals surface area contributed by atoms with Crippen LogP contribution in [0, 0.1) is 0 Å². The first-order chi connectivity index (χ1) is 14.5. The summed E-state index contributed by atoms with van der Waals surface area (Å²) >= 11 is 0. The van der Waals surface area contributed by atoms with Crippen LogP contribution in [-0.4, -0.2) is 73.8 Å². The molecule has 0 rings (SSSR count). The molecule has 2 N–H and O–H groups in total. The molecular weight excluding hydrogens is 487 g/mol. The van der Waals surface area contributed by atoms with E-state index in [0.29, 0.717) is 52.9 Å². The van der Waals surface area contributed by atoms with Crippen molar-refractivity contribution in [2.24, 2.45) is 0 Å². The predicted molar refractivity (Wildman–Crippen MR) is 117 cm³/mol. The molecular formula is C20H50N2O8Zr+2. The zero-order valence-corrected chi connectivity index (χ0v) is 23.7. The maximum Gasteiger partial charge on any atom is 2.00 e. The molecule has 11 heteroatoms. The van der Waals surface area contributed by atoms with Crippen LogP contribution in [0.5, 0.6) is 0 Å². The maximum atomic E-state index is 8.07. The standard InChI is InChI=1S/2C6H15NO3.2C4H10O.Zr/c2*1-4-8-7(9-5-2)10-6-3;2*1-2-3-4-5;/h2*4-6H2,1-3H3;2*5H,2-4H2,1H3;/q;;;;+2. The van der Waals surface area contributed by atoms with Gasteiger partial charge in [-0.15, -0.1) is 0 Å². The molecule has 0 aromatic carbocycles. The van der Waals surface area contributed by atoms with E-state index in [4.69, 9.17) is 39.2 Å². The Morgan fingerprint density at radius 3 is 0.710 bits per heavy atom. The number of rotatable bonds is 16. The zero-order chi connectivity index (χ0) is 23.9. The minimum Gasteiger partial charge on any atom is -0.396 e. The molecule has 190 valence electrons. The third-order valence-corrected chi connectivity index (χ3v) is 2.43. The number of aliphatic hydroxyl groups excluding tert-OH is 2. The number of unbranched alkanes of at least 4 members (excludes halogenated alkanes) is 2. The average Bonchev–Trinajstić information content (AvgIpc) is 2.72. The van der Waals surface area contributed by atoms with E-state index in [9.17, 15) is 0 Å². The number of hydrogen-bond donors (Lipinski definition) is 2. The van der Waals surface area contributed by atoms with Gasteiger partial charge in [-0.1, -0.05) is 26.7 Å². The fourth-order valence-corrected chi connectivity index (χ4v) is 1.17. The molecule has 0 radical (unpaired) electrons. The van der Waals surface area contributed by atoms with Gasteiger partial charge in [-0.25, -0.2) is 0 Å². The molecule has 0 bridgehead atoms. The van der Waals surface area contributed by atoms with Gasteiger partial charge in [-0.05, 0) is 54.4 Å². The van der Waals surface area contributed by atoms with Crippen LogP contribution >= 0.6 is 0 Å². The fourth-order valence-electron chi connectivity index (χ4n) is 1.17. The van der Waals surface area contributed by atoms with Gasteiger partial charge in [0.05, 0.1) is 50.4 Å². The molecule has 0 aliphatic rings. The third-order valence-electron chi connectivity index (χ3n) is 2.43. The van der Waals surface area contributed by atoms with Gasteiger partial charge >= 0.3 is 26.2 Å². The predicted octanol–water partition coefficient (Wildman–Crippen LogP) is 3.84. The Morgan fingerprint density at radius 2 is 0.645 bits per heavy atom. The normalized spacial score (nSPS) is 9.68. The van der Waals surface area contributed by atoms with Crippen LogP contribution in [0.3, 0.4) is 0 Å². The molecule has 0 saturated heterocycles. The third kappa shape index (κ3) is 48.9. The van der Waals surface area contributed by atoms with Gasteiger partial charge in [0.25, 0.3) is 0 Å². The zero-order valence-electron chi connectivity index (χ0n) is 21.2. The van der Waals surface area contributed by atoms with Gasteiger partial charge < -0.3 is 10.2 Å². The van der Waals surface area contributed by atoms with Crippen LogP contribution in [0.1, 0.15) is 81.1 Å². The van der Waals surface area contributed by atoms with E-state index in [1.54, 1.807) is 0 Å². The van der Waals surface area contributed by atoms with Crippen molar-refractivity contribution in [1.29, 1.82) is 0 Å².